The normalized spacial score (nSPS) is 12.3. The van der Waals surface area contributed by atoms with E-state index in [2.05, 4.69) is 4.98 Å². The van der Waals surface area contributed by atoms with Crippen molar-refractivity contribution in [3.63, 3.8) is 0 Å². The number of fused-ring (bicyclic) bond motifs is 1. The van der Waals surface area contributed by atoms with Crippen LogP contribution in [0, 0.1) is 11.3 Å². The first kappa shape index (κ1) is 20.7. The minimum Gasteiger partial charge on any atom is -0.355 e. The zero-order valence-electron chi connectivity index (χ0n) is 16.3. The predicted molar refractivity (Wildman–Crippen MR) is 126 cm³/mol. The Labute approximate surface area is 185 Å². The van der Waals surface area contributed by atoms with Crippen molar-refractivity contribution in [1.29, 1.82) is 5.26 Å². The van der Waals surface area contributed by atoms with Gasteiger partial charge in [-0.2, -0.15) is 5.26 Å². The fraction of sp³-hybridized carbons (Fsp3) is 0. The van der Waals surface area contributed by atoms with Gasteiger partial charge in [0.25, 0.3) is 0 Å². The molecular weight excluding hydrogens is 428 g/mol. The Hall–Kier alpha value is -3.59. The second-order valence-electron chi connectivity index (χ2n) is 6.82. The number of nitrogens with zero attached hydrogens (tertiary/aromatic N) is 1. The molecule has 3 aromatic carbocycles. The van der Waals surface area contributed by atoms with E-state index in [4.69, 9.17) is 11.6 Å². The van der Waals surface area contributed by atoms with Crippen molar-refractivity contribution in [2.24, 2.45) is 0 Å². The number of aromatic nitrogens is 1. The maximum Gasteiger partial charge on any atom is 0.216 e. The Morgan fingerprint density at radius 1 is 0.903 bits per heavy atom. The third-order valence-corrected chi connectivity index (χ3v) is 6.75. The largest absolute Gasteiger partial charge is 0.355 e. The van der Waals surface area contributed by atoms with E-state index in [9.17, 15) is 13.7 Å². The van der Waals surface area contributed by atoms with Crippen molar-refractivity contribution in [3.8, 4) is 6.07 Å². The average Bonchev–Trinajstić information content (AvgIpc) is 3.14. The molecule has 0 aliphatic rings. The van der Waals surface area contributed by atoms with Crippen LogP contribution in [0.4, 0.5) is 0 Å². The number of halogens is 1. The Morgan fingerprint density at radius 2 is 1.58 bits per heavy atom. The smallest absolute Gasteiger partial charge is 0.216 e. The van der Waals surface area contributed by atoms with E-state index in [0.29, 0.717) is 16.3 Å². The summed E-state index contributed by atoms with van der Waals surface area (Å²) in [5.74, 6) is 0. The standard InChI is InChI=1S/C25H17ClN2O2S/c26-19-11-13-20(14-12-19)31(29,30)21(17-27)16-23-22-8-4-5-9-24(22)28-25(23)15-10-18-6-2-1-3-7-18/h1-16,28H/b15-10+,21-16+. The van der Waals surface area contributed by atoms with Gasteiger partial charge in [-0.05, 0) is 48.0 Å². The van der Waals surface area contributed by atoms with Crippen molar-refractivity contribution < 1.29 is 8.42 Å². The van der Waals surface area contributed by atoms with Crippen LogP contribution in [0.2, 0.25) is 5.02 Å². The molecule has 31 heavy (non-hydrogen) atoms. The molecule has 0 aliphatic carbocycles. The zero-order chi connectivity index (χ0) is 21.8. The van der Waals surface area contributed by atoms with Crippen LogP contribution < -0.4 is 0 Å². The molecule has 0 radical (unpaired) electrons. The lowest BCUT2D eigenvalue weighted by Gasteiger charge is -2.04. The molecule has 0 saturated carbocycles. The SMILES string of the molecule is N#C/C(=C\c1c(/C=C/c2ccccc2)[nH]c2ccccc12)S(=O)(=O)c1ccc(Cl)cc1. The molecule has 4 nitrogen and oxygen atoms in total. The van der Waals surface area contributed by atoms with Gasteiger partial charge < -0.3 is 4.98 Å². The summed E-state index contributed by atoms with van der Waals surface area (Å²) in [6.45, 7) is 0. The first-order valence-corrected chi connectivity index (χ1v) is 11.3. The van der Waals surface area contributed by atoms with Gasteiger partial charge in [-0.15, -0.1) is 0 Å². The van der Waals surface area contributed by atoms with Gasteiger partial charge in [-0.1, -0.05) is 66.2 Å². The number of sulfone groups is 1. The molecule has 0 amide bonds. The van der Waals surface area contributed by atoms with E-state index in [1.165, 1.54) is 30.3 Å². The molecule has 152 valence electrons. The Morgan fingerprint density at radius 3 is 2.29 bits per heavy atom. The van der Waals surface area contributed by atoms with Crippen LogP contribution in [-0.2, 0) is 9.84 Å². The van der Waals surface area contributed by atoms with Gasteiger partial charge >= 0.3 is 0 Å². The summed E-state index contributed by atoms with van der Waals surface area (Å²) >= 11 is 5.88. The number of aromatic amines is 1. The van der Waals surface area contributed by atoms with Crippen LogP contribution in [0.1, 0.15) is 16.8 Å². The van der Waals surface area contributed by atoms with Crippen molar-refractivity contribution in [2.45, 2.75) is 4.90 Å². The zero-order valence-corrected chi connectivity index (χ0v) is 17.9. The highest BCUT2D eigenvalue weighted by Crippen LogP contribution is 2.29. The number of nitrogens with one attached hydrogen (secondary N) is 1. The summed E-state index contributed by atoms with van der Waals surface area (Å²) in [7, 11) is -3.99. The summed E-state index contributed by atoms with van der Waals surface area (Å²) in [4.78, 5) is 2.99. The minimum absolute atomic E-state index is 0.0194. The first-order chi connectivity index (χ1) is 15.0. The van der Waals surface area contributed by atoms with E-state index in [0.717, 1.165) is 16.5 Å². The lowest BCUT2D eigenvalue weighted by atomic mass is 10.1. The maximum atomic E-state index is 13.1. The van der Waals surface area contributed by atoms with Crippen LogP contribution in [0.25, 0.3) is 29.1 Å². The van der Waals surface area contributed by atoms with E-state index >= 15 is 0 Å². The summed E-state index contributed by atoms with van der Waals surface area (Å²) in [5, 5.41) is 10.9. The summed E-state index contributed by atoms with van der Waals surface area (Å²) < 4.78 is 26.1. The van der Waals surface area contributed by atoms with Crippen molar-refractivity contribution >= 4 is 50.6 Å². The quantitative estimate of drug-likeness (QED) is 0.365. The molecule has 1 aromatic heterocycles. The number of H-pyrrole nitrogens is 1. The first-order valence-electron chi connectivity index (χ1n) is 9.45. The lowest BCUT2D eigenvalue weighted by Crippen LogP contribution is -2.03. The fourth-order valence-corrected chi connectivity index (χ4v) is 4.52. The lowest BCUT2D eigenvalue weighted by molar-refractivity contribution is 0.603. The molecule has 0 unspecified atom stereocenters. The Balaban J connectivity index is 1.86. The van der Waals surface area contributed by atoms with Crippen molar-refractivity contribution in [2.75, 3.05) is 0 Å². The second-order valence-corrected chi connectivity index (χ2v) is 9.17. The van der Waals surface area contributed by atoms with Crippen LogP contribution in [0.15, 0.2) is 88.7 Å². The topological polar surface area (TPSA) is 73.7 Å². The van der Waals surface area contributed by atoms with Gasteiger partial charge in [0, 0.05) is 27.2 Å². The highest BCUT2D eigenvalue weighted by atomic mass is 35.5. The Kier molecular flexibility index (Phi) is 5.77. The molecule has 0 atom stereocenters. The van der Waals surface area contributed by atoms with Gasteiger partial charge in [0.1, 0.15) is 11.0 Å². The van der Waals surface area contributed by atoms with Gasteiger partial charge in [-0.25, -0.2) is 8.42 Å². The molecule has 1 heterocycles. The summed E-state index contributed by atoms with van der Waals surface area (Å²) in [6, 6.07) is 25.0. The van der Waals surface area contributed by atoms with Gasteiger partial charge in [-0.3, -0.25) is 0 Å². The number of hydrogen-bond donors (Lipinski definition) is 1. The van der Waals surface area contributed by atoms with Gasteiger partial charge in [0.05, 0.1) is 4.90 Å². The predicted octanol–water partition coefficient (Wildman–Crippen LogP) is 6.33. The van der Waals surface area contributed by atoms with E-state index in [1.54, 1.807) is 0 Å². The molecule has 0 bridgehead atoms. The minimum atomic E-state index is -3.99. The molecule has 1 N–H and O–H groups in total. The van der Waals surface area contributed by atoms with E-state index < -0.39 is 9.84 Å². The van der Waals surface area contributed by atoms with Crippen LogP contribution in [0.3, 0.4) is 0 Å². The number of rotatable bonds is 5. The molecule has 0 saturated heterocycles. The number of para-hydroxylation sites is 1. The molecule has 4 aromatic rings. The molecule has 0 spiro atoms. The number of allylic oxidation sites excluding steroid dienone is 1. The third-order valence-electron chi connectivity index (χ3n) is 4.82. The molecule has 0 fully saturated rings. The van der Waals surface area contributed by atoms with Crippen molar-refractivity contribution in [3.05, 3.63) is 106 Å². The van der Waals surface area contributed by atoms with Crippen LogP contribution in [0.5, 0.6) is 0 Å². The average molecular weight is 445 g/mol. The van der Waals surface area contributed by atoms with Crippen LogP contribution >= 0.6 is 11.6 Å². The monoisotopic (exact) mass is 444 g/mol. The molecule has 4 rings (SSSR count). The molecule has 0 aliphatic heterocycles. The fourth-order valence-electron chi connectivity index (χ4n) is 3.26. The number of nitriles is 1. The van der Waals surface area contributed by atoms with Gasteiger partial charge in [0.2, 0.25) is 9.84 Å². The Bertz CT molecular complexity index is 1440. The molecular formula is C25H17ClN2O2S. The highest BCUT2D eigenvalue weighted by Gasteiger charge is 2.22. The molecule has 6 heteroatoms. The maximum absolute atomic E-state index is 13.1. The van der Waals surface area contributed by atoms with Crippen molar-refractivity contribution in [1.82, 2.24) is 4.98 Å². The summed E-state index contributed by atoms with van der Waals surface area (Å²) in [6.07, 6.45) is 5.24. The summed E-state index contributed by atoms with van der Waals surface area (Å²) in [5.41, 5.74) is 3.20. The second kappa shape index (κ2) is 8.65. The highest BCUT2D eigenvalue weighted by molar-refractivity contribution is 7.95. The number of hydrogen-bond acceptors (Lipinski definition) is 3. The third kappa shape index (κ3) is 4.31. The van der Waals surface area contributed by atoms with E-state index in [-0.39, 0.29) is 9.80 Å². The van der Waals surface area contributed by atoms with E-state index in [1.807, 2.05) is 72.8 Å². The van der Waals surface area contributed by atoms with Crippen LogP contribution in [-0.4, -0.2) is 13.4 Å². The van der Waals surface area contributed by atoms with Gasteiger partial charge in [0.15, 0.2) is 0 Å². The number of benzene rings is 3.